The highest BCUT2D eigenvalue weighted by molar-refractivity contribution is 6.35. The van der Waals surface area contributed by atoms with Crippen molar-refractivity contribution in [2.24, 2.45) is 0 Å². The third-order valence-corrected chi connectivity index (χ3v) is 4.99. The molecule has 0 unspecified atom stereocenters. The van der Waals surface area contributed by atoms with Crippen LogP contribution in [0.4, 0.5) is 5.69 Å². The van der Waals surface area contributed by atoms with E-state index >= 15 is 0 Å². The lowest BCUT2D eigenvalue weighted by molar-refractivity contribution is -0.123. The molecule has 1 aromatic rings. The second kappa shape index (κ2) is 10.4. The molecule has 0 atom stereocenters. The van der Waals surface area contributed by atoms with Gasteiger partial charge in [0.2, 0.25) is 11.8 Å². The summed E-state index contributed by atoms with van der Waals surface area (Å²) in [6, 6.07) is 5.00. The summed E-state index contributed by atoms with van der Waals surface area (Å²) in [5, 5.41) is 6.82. The van der Waals surface area contributed by atoms with Crippen molar-refractivity contribution in [2.75, 3.05) is 44.6 Å². The topological polar surface area (TPSA) is 64.7 Å². The fraction of sp³-hybridized carbons (Fsp3) is 0.600. The Morgan fingerprint density at radius 1 is 1.04 bits per heavy atom. The largest absolute Gasteiger partial charge is 0.350 e. The lowest BCUT2D eigenvalue weighted by Crippen LogP contribution is -2.46. The highest BCUT2D eigenvalue weighted by Crippen LogP contribution is 2.25. The molecule has 2 amide bonds. The zero-order valence-electron chi connectivity index (χ0n) is 16.9. The van der Waals surface area contributed by atoms with E-state index in [2.05, 4.69) is 20.4 Å². The van der Waals surface area contributed by atoms with Crippen molar-refractivity contribution in [1.29, 1.82) is 0 Å². The van der Waals surface area contributed by atoms with Crippen molar-refractivity contribution in [3.8, 4) is 0 Å². The van der Waals surface area contributed by atoms with Gasteiger partial charge in [0.15, 0.2) is 0 Å². The highest BCUT2D eigenvalue weighted by Gasteiger charge is 2.20. The Morgan fingerprint density at radius 2 is 1.71 bits per heavy atom. The smallest absolute Gasteiger partial charge is 0.234 e. The summed E-state index contributed by atoms with van der Waals surface area (Å²) in [5.74, 6) is -0.0337. The number of amides is 2. The second-order valence-electron chi connectivity index (χ2n) is 8.19. The number of nitrogens with zero attached hydrogens (tertiary/aromatic N) is 2. The van der Waals surface area contributed by atoms with Crippen molar-refractivity contribution in [3.05, 3.63) is 28.2 Å². The SMILES string of the molecule is CC(C)(C)NC(=O)CN1CCCN(CCC(=O)Nc2cc(Cl)ccc2Cl)CC1. The van der Waals surface area contributed by atoms with Crippen LogP contribution in [-0.2, 0) is 9.59 Å². The van der Waals surface area contributed by atoms with E-state index in [-0.39, 0.29) is 17.4 Å². The summed E-state index contributed by atoms with van der Waals surface area (Å²) in [5.41, 5.74) is 0.319. The van der Waals surface area contributed by atoms with Crippen LogP contribution in [-0.4, -0.2) is 66.4 Å². The number of halogens is 2. The van der Waals surface area contributed by atoms with Gasteiger partial charge in [0.05, 0.1) is 17.3 Å². The number of rotatable bonds is 6. The van der Waals surface area contributed by atoms with Gasteiger partial charge in [0, 0.05) is 36.6 Å². The molecule has 0 radical (unpaired) electrons. The fourth-order valence-electron chi connectivity index (χ4n) is 3.13. The third-order valence-electron chi connectivity index (χ3n) is 4.42. The van der Waals surface area contributed by atoms with Crippen LogP contribution < -0.4 is 10.6 Å². The molecule has 8 heteroatoms. The molecule has 1 heterocycles. The molecule has 0 saturated carbocycles. The van der Waals surface area contributed by atoms with E-state index in [9.17, 15) is 9.59 Å². The van der Waals surface area contributed by atoms with Crippen LogP contribution in [0.25, 0.3) is 0 Å². The normalized spacial score (nSPS) is 16.5. The minimum Gasteiger partial charge on any atom is -0.350 e. The number of nitrogens with one attached hydrogen (secondary N) is 2. The molecule has 2 N–H and O–H groups in total. The van der Waals surface area contributed by atoms with Crippen molar-refractivity contribution in [3.63, 3.8) is 0 Å². The first kappa shape index (κ1) is 22.9. The quantitative estimate of drug-likeness (QED) is 0.729. The van der Waals surface area contributed by atoms with Crippen LogP contribution >= 0.6 is 23.2 Å². The number of benzene rings is 1. The lowest BCUT2D eigenvalue weighted by atomic mass is 10.1. The van der Waals surface area contributed by atoms with E-state index in [1.807, 2.05) is 20.8 Å². The molecule has 0 aliphatic carbocycles. The van der Waals surface area contributed by atoms with Crippen molar-refractivity contribution in [1.82, 2.24) is 15.1 Å². The van der Waals surface area contributed by atoms with Gasteiger partial charge in [0.25, 0.3) is 0 Å². The maximum atomic E-state index is 12.2. The van der Waals surface area contributed by atoms with E-state index in [0.717, 1.165) is 32.6 Å². The minimum absolute atomic E-state index is 0.0544. The van der Waals surface area contributed by atoms with Gasteiger partial charge >= 0.3 is 0 Å². The summed E-state index contributed by atoms with van der Waals surface area (Å²) in [7, 11) is 0. The molecule has 156 valence electrons. The Bertz CT molecular complexity index is 691. The maximum absolute atomic E-state index is 12.2. The van der Waals surface area contributed by atoms with Crippen molar-refractivity contribution >= 4 is 40.7 Å². The van der Waals surface area contributed by atoms with E-state index in [4.69, 9.17) is 23.2 Å². The zero-order chi connectivity index (χ0) is 20.7. The molecule has 0 aromatic heterocycles. The Hall–Kier alpha value is -1.34. The number of carbonyl (C=O) groups excluding carboxylic acids is 2. The van der Waals surface area contributed by atoms with Crippen LogP contribution in [0, 0.1) is 0 Å². The molecule has 28 heavy (non-hydrogen) atoms. The molecule has 1 aromatic carbocycles. The van der Waals surface area contributed by atoms with Crippen LogP contribution in [0.15, 0.2) is 18.2 Å². The molecular formula is C20H30Cl2N4O2. The first-order valence-electron chi connectivity index (χ1n) is 9.63. The van der Waals surface area contributed by atoms with E-state index in [0.29, 0.717) is 35.2 Å². The number of hydrogen-bond donors (Lipinski definition) is 2. The maximum Gasteiger partial charge on any atom is 0.234 e. The predicted octanol–water partition coefficient (Wildman–Crippen LogP) is 3.24. The fourth-order valence-corrected chi connectivity index (χ4v) is 3.47. The summed E-state index contributed by atoms with van der Waals surface area (Å²) in [6.07, 6.45) is 1.36. The number of hydrogen-bond acceptors (Lipinski definition) is 4. The number of anilines is 1. The number of carbonyl (C=O) groups is 2. The average Bonchev–Trinajstić information content (AvgIpc) is 2.80. The van der Waals surface area contributed by atoms with Gasteiger partial charge in [-0.3, -0.25) is 14.5 Å². The van der Waals surface area contributed by atoms with Crippen molar-refractivity contribution < 1.29 is 9.59 Å². The predicted molar refractivity (Wildman–Crippen MR) is 115 cm³/mol. The van der Waals surface area contributed by atoms with E-state index in [1.54, 1.807) is 18.2 Å². The Kier molecular flexibility index (Phi) is 8.56. The molecule has 1 aliphatic rings. The standard InChI is InChI=1S/C20H30Cl2N4O2/c1-20(2,3)24-19(28)14-26-9-4-8-25(11-12-26)10-7-18(27)23-17-13-15(21)5-6-16(17)22/h5-6,13H,4,7-12,14H2,1-3H3,(H,23,27)(H,24,28). The summed E-state index contributed by atoms with van der Waals surface area (Å²) in [6.45, 7) is 10.5. The molecular weight excluding hydrogens is 399 g/mol. The third kappa shape index (κ3) is 8.35. The van der Waals surface area contributed by atoms with Crippen LogP contribution in [0.1, 0.15) is 33.6 Å². The van der Waals surface area contributed by atoms with Gasteiger partial charge < -0.3 is 15.5 Å². The van der Waals surface area contributed by atoms with Gasteiger partial charge in [-0.05, 0) is 58.5 Å². The first-order chi connectivity index (χ1) is 13.1. The lowest BCUT2D eigenvalue weighted by Gasteiger charge is -2.25. The van der Waals surface area contributed by atoms with Gasteiger partial charge in [-0.25, -0.2) is 0 Å². The van der Waals surface area contributed by atoms with Crippen LogP contribution in [0.2, 0.25) is 10.0 Å². The monoisotopic (exact) mass is 428 g/mol. The minimum atomic E-state index is -0.214. The molecule has 1 saturated heterocycles. The summed E-state index contributed by atoms with van der Waals surface area (Å²) >= 11 is 12.0. The molecule has 0 spiro atoms. The molecule has 6 nitrogen and oxygen atoms in total. The van der Waals surface area contributed by atoms with Gasteiger partial charge in [-0.1, -0.05) is 23.2 Å². The molecule has 1 aliphatic heterocycles. The Morgan fingerprint density at radius 3 is 2.43 bits per heavy atom. The Labute approximate surface area is 177 Å². The molecule has 1 fully saturated rings. The average molecular weight is 429 g/mol. The highest BCUT2D eigenvalue weighted by atomic mass is 35.5. The summed E-state index contributed by atoms with van der Waals surface area (Å²) in [4.78, 5) is 28.8. The molecule has 0 bridgehead atoms. The van der Waals surface area contributed by atoms with E-state index < -0.39 is 0 Å². The van der Waals surface area contributed by atoms with Gasteiger partial charge in [-0.15, -0.1) is 0 Å². The Balaban J connectivity index is 1.74. The van der Waals surface area contributed by atoms with Crippen molar-refractivity contribution in [2.45, 2.75) is 39.2 Å². The first-order valence-corrected chi connectivity index (χ1v) is 10.4. The van der Waals surface area contributed by atoms with E-state index in [1.165, 1.54) is 0 Å². The van der Waals surface area contributed by atoms with Gasteiger partial charge in [0.1, 0.15) is 0 Å². The second-order valence-corrected chi connectivity index (χ2v) is 9.04. The zero-order valence-corrected chi connectivity index (χ0v) is 18.4. The molecule has 2 rings (SSSR count). The van der Waals surface area contributed by atoms with Crippen LogP contribution in [0.3, 0.4) is 0 Å². The van der Waals surface area contributed by atoms with Crippen LogP contribution in [0.5, 0.6) is 0 Å². The summed E-state index contributed by atoms with van der Waals surface area (Å²) < 4.78 is 0. The van der Waals surface area contributed by atoms with Gasteiger partial charge in [-0.2, -0.15) is 0 Å².